The van der Waals surface area contributed by atoms with Gasteiger partial charge in [-0.25, -0.2) is 6.54 Å². The molecule has 0 saturated heterocycles. The van der Waals surface area contributed by atoms with Crippen molar-refractivity contribution in [3.05, 3.63) is 145 Å². The third kappa shape index (κ3) is 12.4. The SMILES string of the molecule is Cc1cc(C)c(N2C=CC[CH-]2)c(C)c1.[Cl][Ru]([Cl])=[CH]c1ccccc1.c1ccncc1.c1ccncc1. The van der Waals surface area contributed by atoms with Crippen LogP contribution in [-0.2, 0) is 13.5 Å². The molecule has 5 rings (SSSR count). The van der Waals surface area contributed by atoms with Crippen LogP contribution in [0.5, 0.6) is 0 Å². The topological polar surface area (TPSA) is 29.0 Å². The van der Waals surface area contributed by atoms with Crippen molar-refractivity contribution in [1.82, 2.24) is 9.97 Å². The zero-order valence-electron chi connectivity index (χ0n) is 20.8. The van der Waals surface area contributed by atoms with Gasteiger partial charge in [0, 0.05) is 30.5 Å². The maximum absolute atomic E-state index is 5.67. The number of benzene rings is 2. The number of anilines is 1. The minimum atomic E-state index is -1.61. The average Bonchev–Trinajstić information content (AvgIpc) is 3.41. The molecule has 4 aromatic rings. The van der Waals surface area contributed by atoms with Gasteiger partial charge in [0.15, 0.2) is 0 Å². The average molecular weight is 607 g/mol. The third-order valence-corrected chi connectivity index (χ3v) is 6.60. The summed E-state index contributed by atoms with van der Waals surface area (Å²) in [5.74, 6) is 0. The molecule has 6 heteroatoms. The number of hydrogen-bond donors (Lipinski definition) is 0. The first kappa shape index (κ1) is 29.6. The van der Waals surface area contributed by atoms with Crippen LogP contribution in [0.4, 0.5) is 5.69 Å². The van der Waals surface area contributed by atoms with Crippen LogP contribution in [0.25, 0.3) is 0 Å². The van der Waals surface area contributed by atoms with E-state index < -0.39 is 13.5 Å². The van der Waals surface area contributed by atoms with E-state index in [4.69, 9.17) is 19.4 Å². The molecule has 0 radical (unpaired) electrons. The number of pyridine rings is 2. The number of nitrogens with zero attached hydrogens (tertiary/aromatic N) is 3. The van der Waals surface area contributed by atoms with E-state index in [1.807, 2.05) is 71.3 Å². The number of aromatic nitrogens is 2. The van der Waals surface area contributed by atoms with Crippen molar-refractivity contribution >= 4 is 29.7 Å². The van der Waals surface area contributed by atoms with Gasteiger partial charge in [0.2, 0.25) is 0 Å². The van der Waals surface area contributed by atoms with Crippen LogP contribution in [0.15, 0.2) is 116 Å². The van der Waals surface area contributed by atoms with E-state index in [0.717, 1.165) is 12.0 Å². The van der Waals surface area contributed by atoms with E-state index >= 15 is 0 Å². The normalized spacial score (nSPS) is 11.6. The third-order valence-electron chi connectivity index (χ3n) is 4.73. The van der Waals surface area contributed by atoms with Gasteiger partial charge >= 0.3 is 73.4 Å². The monoisotopic (exact) mass is 606 g/mol. The van der Waals surface area contributed by atoms with E-state index in [9.17, 15) is 0 Å². The van der Waals surface area contributed by atoms with Gasteiger partial charge in [-0.05, 0) is 62.4 Å². The molecule has 1 aliphatic rings. The molecule has 0 unspecified atom stereocenters. The molecular formula is C30H32Cl2N3Ru-. The summed E-state index contributed by atoms with van der Waals surface area (Å²) in [6.45, 7) is 8.71. The van der Waals surface area contributed by atoms with Gasteiger partial charge in [0.1, 0.15) is 0 Å². The summed E-state index contributed by atoms with van der Waals surface area (Å²) in [4.78, 5) is 9.80. The molecule has 2 aromatic carbocycles. The number of aryl methyl sites for hydroxylation is 3. The molecule has 0 atom stereocenters. The molecule has 1 aliphatic heterocycles. The number of hydrogen-bond acceptors (Lipinski definition) is 3. The molecule has 0 fully saturated rings. The van der Waals surface area contributed by atoms with Gasteiger partial charge in [0.25, 0.3) is 0 Å². The molecule has 0 saturated carbocycles. The Balaban J connectivity index is 0.000000181. The van der Waals surface area contributed by atoms with Gasteiger partial charge in [-0.1, -0.05) is 35.9 Å². The second-order valence-electron chi connectivity index (χ2n) is 7.72. The number of rotatable bonds is 2. The fourth-order valence-electron chi connectivity index (χ4n) is 3.39. The van der Waals surface area contributed by atoms with E-state index in [2.05, 4.69) is 66.6 Å². The molecular weight excluding hydrogens is 574 g/mol. The summed E-state index contributed by atoms with van der Waals surface area (Å²) in [6, 6.07) is 25.8. The molecule has 0 spiro atoms. The Kier molecular flexibility index (Phi) is 14.6. The predicted octanol–water partition coefficient (Wildman–Crippen LogP) is 8.42. The molecule has 2 aromatic heterocycles. The quantitative estimate of drug-likeness (QED) is 0.170. The molecule has 0 amide bonds. The smallest absolute Gasteiger partial charge is 0.0267 e. The van der Waals surface area contributed by atoms with E-state index in [1.54, 1.807) is 24.8 Å². The molecule has 190 valence electrons. The molecule has 0 N–H and O–H groups in total. The molecule has 3 heterocycles. The zero-order chi connectivity index (χ0) is 26.0. The maximum Gasteiger partial charge on any atom is 0.0267 e. The van der Waals surface area contributed by atoms with Crippen LogP contribution in [-0.4, -0.2) is 14.6 Å². The summed E-state index contributed by atoms with van der Waals surface area (Å²) in [7, 11) is 11.3. The van der Waals surface area contributed by atoms with Crippen molar-refractivity contribution in [2.75, 3.05) is 4.90 Å². The predicted molar refractivity (Wildman–Crippen MR) is 153 cm³/mol. The largest absolute Gasteiger partial charge is 0.265 e. The van der Waals surface area contributed by atoms with Crippen molar-refractivity contribution in [3.63, 3.8) is 0 Å². The molecule has 0 aliphatic carbocycles. The van der Waals surface area contributed by atoms with Gasteiger partial charge in [-0.2, -0.15) is 0 Å². The van der Waals surface area contributed by atoms with Gasteiger partial charge in [-0.15, -0.1) is 6.42 Å². The second-order valence-corrected chi connectivity index (χ2v) is 13.4. The van der Waals surface area contributed by atoms with Crippen LogP contribution < -0.4 is 4.90 Å². The van der Waals surface area contributed by atoms with Crippen LogP contribution in [0.2, 0.25) is 0 Å². The summed E-state index contributed by atoms with van der Waals surface area (Å²) in [6.07, 6.45) is 12.4. The summed E-state index contributed by atoms with van der Waals surface area (Å²) >= 11 is -1.61. The fourth-order valence-corrected chi connectivity index (χ4v) is 5.22. The standard InChI is InChI=1S/C13H16N.C7H6.2C5H5N.2ClH.Ru/c1-10-8-11(2)13(12(3)9-10)14-6-4-5-7-14;1-7-5-3-2-4-6-7;2*1-2-4-6-5-3-1;;;/h4,6-9H,5H2,1-3H3;1-6H;2*1-5H;2*1H;/q-1;;;;;;+2/p-2. The Morgan fingerprint density at radius 2 is 1.28 bits per heavy atom. The van der Waals surface area contributed by atoms with Gasteiger partial charge in [-0.3, -0.25) is 9.97 Å². The first-order valence-corrected chi connectivity index (χ1v) is 16.9. The van der Waals surface area contributed by atoms with E-state index in [1.165, 1.54) is 22.4 Å². The van der Waals surface area contributed by atoms with Crippen LogP contribution in [0.1, 0.15) is 28.7 Å². The Labute approximate surface area is 229 Å². The molecule has 3 nitrogen and oxygen atoms in total. The maximum atomic E-state index is 5.67. The zero-order valence-corrected chi connectivity index (χ0v) is 24.0. The summed E-state index contributed by atoms with van der Waals surface area (Å²) in [5.41, 5.74) is 6.50. The van der Waals surface area contributed by atoms with Crippen molar-refractivity contribution in [3.8, 4) is 0 Å². The van der Waals surface area contributed by atoms with Crippen molar-refractivity contribution in [1.29, 1.82) is 0 Å². The Morgan fingerprint density at radius 1 is 0.778 bits per heavy atom. The van der Waals surface area contributed by atoms with Crippen molar-refractivity contribution in [2.24, 2.45) is 0 Å². The summed E-state index contributed by atoms with van der Waals surface area (Å²) < 4.78 is 1.92. The minimum Gasteiger partial charge on any atom is -0.265 e. The first-order chi connectivity index (χ1) is 17.5. The Hall–Kier alpha value is -2.65. The van der Waals surface area contributed by atoms with Gasteiger partial charge < -0.3 is 4.90 Å². The summed E-state index contributed by atoms with van der Waals surface area (Å²) in [5, 5.41) is 0. The molecule has 36 heavy (non-hydrogen) atoms. The van der Waals surface area contributed by atoms with Crippen LogP contribution in [0.3, 0.4) is 0 Å². The number of halogens is 2. The Bertz CT molecular complexity index is 1070. The second kappa shape index (κ2) is 17.7. The van der Waals surface area contributed by atoms with Crippen molar-refractivity contribution < 1.29 is 13.5 Å². The molecule has 0 bridgehead atoms. The van der Waals surface area contributed by atoms with Crippen molar-refractivity contribution in [2.45, 2.75) is 27.2 Å². The fraction of sp³-hybridized carbons (Fsp3) is 0.133. The van der Waals surface area contributed by atoms with Crippen LogP contribution in [0, 0.1) is 27.3 Å². The van der Waals surface area contributed by atoms with E-state index in [-0.39, 0.29) is 0 Å². The Morgan fingerprint density at radius 3 is 1.64 bits per heavy atom. The van der Waals surface area contributed by atoms with E-state index in [0.29, 0.717) is 0 Å². The minimum absolute atomic E-state index is 1.05. The van der Waals surface area contributed by atoms with Gasteiger partial charge in [0.05, 0.1) is 0 Å². The van der Waals surface area contributed by atoms with Crippen LogP contribution >= 0.6 is 19.4 Å². The first-order valence-electron chi connectivity index (χ1n) is 11.4.